The molecule has 0 atom stereocenters. The molecular weight excluding hydrogens is 234 g/mol. The van der Waals surface area contributed by atoms with E-state index in [9.17, 15) is 4.79 Å². The van der Waals surface area contributed by atoms with Gasteiger partial charge in [-0.3, -0.25) is 4.79 Å². The molecular formula is C17H21NO. The molecule has 0 amide bonds. The van der Waals surface area contributed by atoms with Crippen LogP contribution in [-0.4, -0.2) is 4.98 Å². The van der Waals surface area contributed by atoms with Gasteiger partial charge in [-0.2, -0.15) is 0 Å². The first-order valence-corrected chi connectivity index (χ1v) is 6.86. The summed E-state index contributed by atoms with van der Waals surface area (Å²) in [6.45, 7) is 8.00. The Bertz CT molecular complexity index is 641. The first-order chi connectivity index (χ1) is 9.36. The van der Waals surface area contributed by atoms with E-state index in [1.807, 2.05) is 76.2 Å². The smallest absolute Gasteiger partial charge is 0.197 e. The van der Waals surface area contributed by atoms with Gasteiger partial charge in [0.25, 0.3) is 0 Å². The Morgan fingerprint density at radius 2 is 1.05 bits per heavy atom. The van der Waals surface area contributed by atoms with Crippen LogP contribution in [0.25, 0.3) is 21.8 Å². The molecule has 1 heterocycles. The Morgan fingerprint density at radius 1 is 0.684 bits per heavy atom. The molecule has 0 aliphatic carbocycles. The minimum Gasteiger partial charge on any atom is -0.354 e. The zero-order valence-electron chi connectivity index (χ0n) is 12.0. The minimum absolute atomic E-state index is 0.0972. The summed E-state index contributed by atoms with van der Waals surface area (Å²) >= 11 is 0. The quantitative estimate of drug-likeness (QED) is 0.578. The van der Waals surface area contributed by atoms with E-state index in [4.69, 9.17) is 0 Å². The molecule has 1 aromatic heterocycles. The molecule has 0 aliphatic rings. The summed E-state index contributed by atoms with van der Waals surface area (Å²) in [5.74, 6) is 0. The highest BCUT2D eigenvalue weighted by atomic mass is 16.1. The van der Waals surface area contributed by atoms with Crippen LogP contribution < -0.4 is 5.43 Å². The lowest BCUT2D eigenvalue weighted by atomic mass is 10.1. The van der Waals surface area contributed by atoms with Crippen LogP contribution >= 0.6 is 0 Å². The highest BCUT2D eigenvalue weighted by Gasteiger charge is 2.02. The van der Waals surface area contributed by atoms with Crippen LogP contribution in [0, 0.1) is 0 Å². The van der Waals surface area contributed by atoms with Gasteiger partial charge in [0.05, 0.1) is 0 Å². The highest BCUT2D eigenvalue weighted by Crippen LogP contribution is 2.13. The molecule has 2 heteroatoms. The average molecular weight is 255 g/mol. The van der Waals surface area contributed by atoms with Crippen molar-refractivity contribution < 1.29 is 0 Å². The second kappa shape index (κ2) is 7.37. The van der Waals surface area contributed by atoms with Gasteiger partial charge in [-0.15, -0.1) is 0 Å². The second-order valence-electron chi connectivity index (χ2n) is 3.55. The van der Waals surface area contributed by atoms with Crippen LogP contribution in [-0.2, 0) is 0 Å². The molecule has 0 spiro atoms. The molecule has 1 N–H and O–H groups in total. The number of fused-ring (bicyclic) bond motifs is 2. The zero-order valence-corrected chi connectivity index (χ0v) is 12.0. The number of pyridine rings is 1. The predicted octanol–water partition coefficient (Wildman–Crippen LogP) is 4.73. The summed E-state index contributed by atoms with van der Waals surface area (Å²) in [5, 5.41) is 1.49. The van der Waals surface area contributed by atoms with E-state index >= 15 is 0 Å². The number of para-hydroxylation sites is 2. The fraction of sp³-hybridized carbons (Fsp3) is 0.235. The fourth-order valence-corrected chi connectivity index (χ4v) is 1.87. The van der Waals surface area contributed by atoms with E-state index in [2.05, 4.69) is 4.98 Å². The van der Waals surface area contributed by atoms with Gasteiger partial charge < -0.3 is 4.98 Å². The van der Waals surface area contributed by atoms with Crippen LogP contribution in [0.15, 0.2) is 53.3 Å². The molecule has 100 valence electrons. The van der Waals surface area contributed by atoms with Crippen molar-refractivity contribution in [3.8, 4) is 0 Å². The maximum absolute atomic E-state index is 12.1. The largest absolute Gasteiger partial charge is 0.354 e. The van der Waals surface area contributed by atoms with Crippen molar-refractivity contribution in [1.82, 2.24) is 4.98 Å². The molecule has 0 saturated heterocycles. The monoisotopic (exact) mass is 255 g/mol. The third-order valence-electron chi connectivity index (χ3n) is 2.61. The van der Waals surface area contributed by atoms with E-state index in [-0.39, 0.29) is 5.43 Å². The number of H-pyrrole nitrogens is 1. The molecule has 0 bridgehead atoms. The maximum atomic E-state index is 12.1. The number of rotatable bonds is 0. The van der Waals surface area contributed by atoms with Crippen LogP contribution in [0.1, 0.15) is 27.7 Å². The molecule has 3 aromatic rings. The van der Waals surface area contributed by atoms with Crippen LogP contribution in [0.5, 0.6) is 0 Å². The summed E-state index contributed by atoms with van der Waals surface area (Å²) in [7, 11) is 0. The summed E-state index contributed by atoms with van der Waals surface area (Å²) in [6, 6.07) is 15.1. The predicted molar refractivity (Wildman–Crippen MR) is 84.8 cm³/mol. The van der Waals surface area contributed by atoms with Gasteiger partial charge in [0, 0.05) is 21.8 Å². The molecule has 19 heavy (non-hydrogen) atoms. The van der Waals surface area contributed by atoms with Gasteiger partial charge in [-0.25, -0.2) is 0 Å². The molecule has 0 radical (unpaired) electrons. The van der Waals surface area contributed by atoms with Crippen molar-refractivity contribution in [1.29, 1.82) is 0 Å². The standard InChI is InChI=1S/C13H9NO.2C2H6/c15-13-9-5-1-3-7-11(9)14-12-8-4-2-6-10(12)13;2*1-2/h1-8H,(H,14,15);2*1-2H3. The van der Waals surface area contributed by atoms with Gasteiger partial charge in [0.15, 0.2) is 5.43 Å². The topological polar surface area (TPSA) is 32.9 Å². The Balaban J connectivity index is 0.000000415. The van der Waals surface area contributed by atoms with E-state index < -0.39 is 0 Å². The highest BCUT2D eigenvalue weighted by molar-refractivity contribution is 5.92. The van der Waals surface area contributed by atoms with Crippen molar-refractivity contribution in [2.24, 2.45) is 0 Å². The first kappa shape index (κ1) is 15.0. The van der Waals surface area contributed by atoms with Gasteiger partial charge in [-0.05, 0) is 24.3 Å². The van der Waals surface area contributed by atoms with Gasteiger partial charge in [0.1, 0.15) is 0 Å². The van der Waals surface area contributed by atoms with Crippen LogP contribution in [0.3, 0.4) is 0 Å². The van der Waals surface area contributed by atoms with Crippen molar-refractivity contribution in [2.45, 2.75) is 27.7 Å². The normalized spacial score (nSPS) is 9.26. The van der Waals surface area contributed by atoms with E-state index in [1.165, 1.54) is 0 Å². The molecule has 3 rings (SSSR count). The Morgan fingerprint density at radius 3 is 1.47 bits per heavy atom. The van der Waals surface area contributed by atoms with Crippen molar-refractivity contribution in [3.63, 3.8) is 0 Å². The number of hydrogen-bond donors (Lipinski definition) is 1. The molecule has 0 fully saturated rings. The first-order valence-electron chi connectivity index (χ1n) is 6.86. The van der Waals surface area contributed by atoms with Gasteiger partial charge >= 0.3 is 0 Å². The molecule has 2 nitrogen and oxygen atoms in total. The number of hydrogen-bond acceptors (Lipinski definition) is 1. The summed E-state index contributed by atoms with van der Waals surface area (Å²) in [4.78, 5) is 15.3. The molecule has 0 unspecified atom stereocenters. The van der Waals surface area contributed by atoms with Crippen LogP contribution in [0.2, 0.25) is 0 Å². The lowest BCUT2D eigenvalue weighted by Crippen LogP contribution is -2.03. The number of aromatic nitrogens is 1. The molecule has 0 saturated carbocycles. The third kappa shape index (κ3) is 3.02. The Labute approximate surface area is 114 Å². The number of nitrogens with one attached hydrogen (secondary N) is 1. The third-order valence-corrected chi connectivity index (χ3v) is 2.61. The Hall–Kier alpha value is -2.09. The van der Waals surface area contributed by atoms with Gasteiger partial charge in [-0.1, -0.05) is 52.0 Å². The summed E-state index contributed by atoms with van der Waals surface area (Å²) in [5.41, 5.74) is 1.88. The lowest BCUT2D eigenvalue weighted by molar-refractivity contribution is 1.48. The van der Waals surface area contributed by atoms with Crippen molar-refractivity contribution in [3.05, 3.63) is 58.8 Å². The van der Waals surface area contributed by atoms with Gasteiger partial charge in [0.2, 0.25) is 0 Å². The fourth-order valence-electron chi connectivity index (χ4n) is 1.87. The average Bonchev–Trinajstić information content (AvgIpc) is 2.52. The van der Waals surface area contributed by atoms with E-state index in [1.54, 1.807) is 0 Å². The second-order valence-corrected chi connectivity index (χ2v) is 3.55. The summed E-state index contributed by atoms with van der Waals surface area (Å²) in [6.07, 6.45) is 0. The zero-order chi connectivity index (χ0) is 14.3. The van der Waals surface area contributed by atoms with E-state index in [0.717, 1.165) is 21.8 Å². The minimum atomic E-state index is 0.0972. The van der Waals surface area contributed by atoms with Crippen LogP contribution in [0.4, 0.5) is 0 Å². The van der Waals surface area contributed by atoms with E-state index in [0.29, 0.717) is 0 Å². The summed E-state index contributed by atoms with van der Waals surface area (Å²) < 4.78 is 0. The molecule has 0 aliphatic heterocycles. The number of aromatic amines is 1. The maximum Gasteiger partial charge on any atom is 0.197 e. The number of benzene rings is 2. The SMILES string of the molecule is CC.CC.O=c1c2ccccc2[nH]c2ccccc12. The molecule has 2 aromatic carbocycles. The Kier molecular flexibility index (Phi) is 5.80. The van der Waals surface area contributed by atoms with Crippen molar-refractivity contribution in [2.75, 3.05) is 0 Å². The lowest BCUT2D eigenvalue weighted by Gasteiger charge is -2.01. The van der Waals surface area contributed by atoms with Crippen molar-refractivity contribution >= 4 is 21.8 Å².